The fourth-order valence-corrected chi connectivity index (χ4v) is 3.37. The number of carbonyl (C=O) groups excluding carboxylic acids is 1. The third kappa shape index (κ3) is 5.66. The minimum absolute atomic E-state index is 0.0501. The van der Waals surface area contributed by atoms with Crippen LogP contribution in [0.3, 0.4) is 0 Å². The van der Waals surface area contributed by atoms with Gasteiger partial charge in [-0.1, -0.05) is 52.0 Å². The lowest BCUT2D eigenvalue weighted by Crippen LogP contribution is -2.32. The summed E-state index contributed by atoms with van der Waals surface area (Å²) in [4.78, 5) is 12.8. The fraction of sp³-hybridized carbons (Fsp3) is 0.458. The average molecular weight is 400 g/mol. The van der Waals surface area contributed by atoms with Crippen LogP contribution in [-0.2, 0) is 11.2 Å². The van der Waals surface area contributed by atoms with Crippen molar-refractivity contribution in [2.45, 2.75) is 46.1 Å². The van der Waals surface area contributed by atoms with Crippen molar-refractivity contribution in [3.05, 3.63) is 53.1 Å². The monoisotopic (exact) mass is 399 g/mol. The molecule has 5 heteroatoms. The molecule has 5 nitrogen and oxygen atoms in total. The molecule has 1 amide bonds. The van der Waals surface area contributed by atoms with Crippen LogP contribution in [0.1, 0.15) is 56.3 Å². The molecule has 0 heterocycles. The van der Waals surface area contributed by atoms with Gasteiger partial charge in [-0.05, 0) is 40.7 Å². The van der Waals surface area contributed by atoms with E-state index in [2.05, 4.69) is 57.3 Å². The molecule has 0 aromatic heterocycles. The van der Waals surface area contributed by atoms with Crippen LogP contribution in [0.4, 0.5) is 0 Å². The molecular weight excluding hydrogens is 366 g/mol. The molecule has 0 radical (unpaired) electrons. The molecule has 0 unspecified atom stereocenters. The zero-order valence-corrected chi connectivity index (χ0v) is 18.5. The van der Waals surface area contributed by atoms with Crippen molar-refractivity contribution in [1.29, 1.82) is 0 Å². The first kappa shape index (κ1) is 22.6. The molecule has 0 saturated heterocycles. The number of hydrogen-bond acceptors (Lipinski definition) is 4. The summed E-state index contributed by atoms with van der Waals surface area (Å²) in [7, 11) is 4.69. The maximum atomic E-state index is 12.8. The van der Waals surface area contributed by atoms with Gasteiger partial charge in [-0.25, -0.2) is 0 Å². The molecule has 0 aliphatic rings. The summed E-state index contributed by atoms with van der Waals surface area (Å²) in [6, 6.07) is 12.1. The summed E-state index contributed by atoms with van der Waals surface area (Å²) in [5.41, 5.74) is 3.21. The van der Waals surface area contributed by atoms with Crippen molar-refractivity contribution >= 4 is 5.91 Å². The van der Waals surface area contributed by atoms with Crippen LogP contribution in [0, 0.1) is 5.92 Å². The summed E-state index contributed by atoms with van der Waals surface area (Å²) in [5, 5.41) is 3.18. The minimum Gasteiger partial charge on any atom is -0.493 e. The highest BCUT2D eigenvalue weighted by atomic mass is 16.5. The second-order valence-corrected chi connectivity index (χ2v) is 7.82. The number of hydrogen-bond donors (Lipinski definition) is 1. The molecule has 2 rings (SSSR count). The SMILES string of the molecule is COc1cc(CC(=O)N[C@H](c2ccc(C(C)C)cc2)C(C)C)cc(OC)c1OC. The van der Waals surface area contributed by atoms with Crippen molar-refractivity contribution in [3.8, 4) is 17.2 Å². The lowest BCUT2D eigenvalue weighted by molar-refractivity contribution is -0.121. The quantitative estimate of drug-likeness (QED) is 0.652. The summed E-state index contributed by atoms with van der Waals surface area (Å²) in [6.07, 6.45) is 0.226. The van der Waals surface area contributed by atoms with Crippen molar-refractivity contribution in [3.63, 3.8) is 0 Å². The predicted octanol–water partition coefficient (Wildman–Crippen LogP) is 4.89. The van der Waals surface area contributed by atoms with Gasteiger partial charge in [0.15, 0.2) is 11.5 Å². The van der Waals surface area contributed by atoms with Gasteiger partial charge < -0.3 is 19.5 Å². The van der Waals surface area contributed by atoms with Crippen molar-refractivity contribution in [2.24, 2.45) is 5.92 Å². The summed E-state index contributed by atoms with van der Waals surface area (Å²) in [5.74, 6) is 2.30. The smallest absolute Gasteiger partial charge is 0.224 e. The van der Waals surface area contributed by atoms with E-state index in [1.165, 1.54) is 5.56 Å². The molecule has 2 aromatic carbocycles. The fourth-order valence-electron chi connectivity index (χ4n) is 3.37. The standard InChI is InChI=1S/C24H33NO4/c1-15(2)18-8-10-19(11-9-18)23(16(3)4)25-22(26)14-17-12-20(27-5)24(29-7)21(13-17)28-6/h8-13,15-16,23H,14H2,1-7H3,(H,25,26)/t23-/m0/s1. The van der Waals surface area contributed by atoms with Crippen LogP contribution in [0.2, 0.25) is 0 Å². The van der Waals surface area contributed by atoms with E-state index in [0.717, 1.165) is 11.1 Å². The molecule has 29 heavy (non-hydrogen) atoms. The lowest BCUT2D eigenvalue weighted by Gasteiger charge is -2.24. The molecule has 2 aromatic rings. The zero-order chi connectivity index (χ0) is 21.6. The molecule has 1 N–H and O–H groups in total. The Bertz CT molecular complexity index is 787. The highest BCUT2D eigenvalue weighted by Crippen LogP contribution is 2.38. The highest BCUT2D eigenvalue weighted by molar-refractivity contribution is 5.79. The van der Waals surface area contributed by atoms with Crippen LogP contribution in [-0.4, -0.2) is 27.2 Å². The Morgan fingerprint density at radius 3 is 1.79 bits per heavy atom. The summed E-state index contributed by atoms with van der Waals surface area (Å²) < 4.78 is 16.1. The van der Waals surface area contributed by atoms with Gasteiger partial charge in [-0.15, -0.1) is 0 Å². The number of benzene rings is 2. The lowest BCUT2D eigenvalue weighted by atomic mass is 9.93. The normalized spacial score (nSPS) is 12.0. The number of rotatable bonds is 9. The average Bonchev–Trinajstić information content (AvgIpc) is 2.71. The van der Waals surface area contributed by atoms with Crippen LogP contribution in [0.5, 0.6) is 17.2 Å². The van der Waals surface area contributed by atoms with E-state index in [4.69, 9.17) is 14.2 Å². The summed E-state index contributed by atoms with van der Waals surface area (Å²) in [6.45, 7) is 8.57. The van der Waals surface area contributed by atoms with Gasteiger partial charge in [-0.2, -0.15) is 0 Å². The molecule has 0 spiro atoms. The van der Waals surface area contributed by atoms with Crippen LogP contribution in [0.25, 0.3) is 0 Å². The van der Waals surface area contributed by atoms with Gasteiger partial charge in [-0.3, -0.25) is 4.79 Å². The van der Waals surface area contributed by atoms with Gasteiger partial charge in [0.05, 0.1) is 33.8 Å². The largest absolute Gasteiger partial charge is 0.493 e. The Morgan fingerprint density at radius 2 is 1.38 bits per heavy atom. The third-order valence-electron chi connectivity index (χ3n) is 5.03. The first-order chi connectivity index (χ1) is 13.8. The van der Waals surface area contributed by atoms with Crippen LogP contribution >= 0.6 is 0 Å². The molecule has 0 saturated carbocycles. The molecular formula is C24H33NO4. The molecule has 1 atom stereocenters. The topological polar surface area (TPSA) is 56.8 Å². The van der Waals surface area contributed by atoms with Gasteiger partial charge in [0.1, 0.15) is 0 Å². The maximum Gasteiger partial charge on any atom is 0.224 e. The van der Waals surface area contributed by atoms with Gasteiger partial charge in [0.2, 0.25) is 11.7 Å². The van der Waals surface area contributed by atoms with E-state index < -0.39 is 0 Å². The van der Waals surface area contributed by atoms with E-state index in [1.54, 1.807) is 21.3 Å². The minimum atomic E-state index is -0.0502. The van der Waals surface area contributed by atoms with Gasteiger partial charge in [0, 0.05) is 0 Å². The second-order valence-electron chi connectivity index (χ2n) is 7.82. The molecule has 0 aliphatic heterocycles. The number of ether oxygens (including phenoxy) is 3. The van der Waals surface area contributed by atoms with Gasteiger partial charge in [0.25, 0.3) is 0 Å². The number of amides is 1. The first-order valence-electron chi connectivity index (χ1n) is 9.98. The molecule has 0 bridgehead atoms. The Hall–Kier alpha value is -2.69. The van der Waals surface area contributed by atoms with Crippen molar-refractivity contribution in [2.75, 3.05) is 21.3 Å². The van der Waals surface area contributed by atoms with Crippen molar-refractivity contribution in [1.82, 2.24) is 5.32 Å². The maximum absolute atomic E-state index is 12.8. The zero-order valence-electron chi connectivity index (χ0n) is 18.5. The van der Waals surface area contributed by atoms with Gasteiger partial charge >= 0.3 is 0 Å². The Balaban J connectivity index is 2.19. The first-order valence-corrected chi connectivity index (χ1v) is 9.98. The number of nitrogens with one attached hydrogen (secondary N) is 1. The third-order valence-corrected chi connectivity index (χ3v) is 5.03. The second kappa shape index (κ2) is 10.2. The van der Waals surface area contributed by atoms with E-state index >= 15 is 0 Å². The Kier molecular flexibility index (Phi) is 7.94. The molecule has 0 aliphatic carbocycles. The number of methoxy groups -OCH3 is 3. The Morgan fingerprint density at radius 1 is 0.862 bits per heavy atom. The van der Waals surface area contributed by atoms with Crippen molar-refractivity contribution < 1.29 is 19.0 Å². The van der Waals surface area contributed by atoms with E-state index in [9.17, 15) is 4.79 Å². The van der Waals surface area contributed by atoms with E-state index in [-0.39, 0.29) is 24.3 Å². The number of carbonyl (C=O) groups is 1. The predicted molar refractivity (Wildman–Crippen MR) is 116 cm³/mol. The molecule has 0 fully saturated rings. The van der Waals surface area contributed by atoms with E-state index in [0.29, 0.717) is 23.2 Å². The van der Waals surface area contributed by atoms with Crippen LogP contribution < -0.4 is 19.5 Å². The molecule has 158 valence electrons. The van der Waals surface area contributed by atoms with Crippen LogP contribution in [0.15, 0.2) is 36.4 Å². The highest BCUT2D eigenvalue weighted by Gasteiger charge is 2.20. The van der Waals surface area contributed by atoms with E-state index in [1.807, 2.05) is 12.1 Å². The summed E-state index contributed by atoms with van der Waals surface area (Å²) >= 11 is 0. The Labute approximate surface area is 174 Å².